The molecule has 4 rings (SSSR count). The second-order valence-electron chi connectivity index (χ2n) is 8.48. The minimum atomic E-state index is -0.0489. The number of carbonyl (C=O) groups is 1. The zero-order chi connectivity index (χ0) is 23.0. The highest BCUT2D eigenvalue weighted by molar-refractivity contribution is 5.97. The molecule has 2 aromatic carbocycles. The molecular formula is C25H32N6O2. The van der Waals surface area contributed by atoms with E-state index in [0.29, 0.717) is 31.3 Å². The Morgan fingerprint density at radius 2 is 1.82 bits per heavy atom. The molecule has 8 nitrogen and oxygen atoms in total. The first-order valence-corrected chi connectivity index (χ1v) is 11.4. The second-order valence-corrected chi connectivity index (χ2v) is 8.48. The normalized spacial score (nSPS) is 14.5. The molecule has 1 aliphatic heterocycles. The van der Waals surface area contributed by atoms with E-state index in [1.54, 1.807) is 0 Å². The molecule has 1 aromatic heterocycles. The molecule has 2 heterocycles. The number of nitrogens with one attached hydrogen (secondary N) is 2. The van der Waals surface area contributed by atoms with Crippen LogP contribution in [0.4, 0.5) is 11.5 Å². The van der Waals surface area contributed by atoms with Gasteiger partial charge in [-0.25, -0.2) is 9.97 Å². The monoisotopic (exact) mass is 448 g/mol. The Morgan fingerprint density at radius 3 is 2.64 bits per heavy atom. The summed E-state index contributed by atoms with van der Waals surface area (Å²) in [7, 11) is 4.14. The van der Waals surface area contributed by atoms with Gasteiger partial charge in [0, 0.05) is 30.6 Å². The van der Waals surface area contributed by atoms with Crippen molar-refractivity contribution in [2.45, 2.75) is 6.42 Å². The van der Waals surface area contributed by atoms with Gasteiger partial charge >= 0.3 is 0 Å². The van der Waals surface area contributed by atoms with Crippen molar-refractivity contribution in [2.75, 3.05) is 70.7 Å². The summed E-state index contributed by atoms with van der Waals surface area (Å²) in [5, 5.41) is 7.53. The standard InChI is InChI=1S/C25H32N6O2/c1-30(2)13-7-12-26-24-19-8-3-6-11-22(19)28-25(29-24)20-9-4-5-10-21(20)27-23(32)18-31-14-16-33-17-15-31/h3-6,8-11H,7,12-18H2,1-2H3,(H,27,32)(H,26,28,29). The lowest BCUT2D eigenvalue weighted by Gasteiger charge is -2.26. The Labute approximate surface area is 195 Å². The number of fused-ring (bicyclic) bond motifs is 1. The summed E-state index contributed by atoms with van der Waals surface area (Å²) in [6, 6.07) is 15.7. The molecule has 0 radical (unpaired) electrons. The molecule has 8 heteroatoms. The molecule has 2 N–H and O–H groups in total. The Balaban J connectivity index is 1.57. The molecule has 174 valence electrons. The van der Waals surface area contributed by atoms with E-state index >= 15 is 0 Å². The van der Waals surface area contributed by atoms with Crippen molar-refractivity contribution >= 4 is 28.3 Å². The molecule has 0 aliphatic carbocycles. The number of hydrogen-bond donors (Lipinski definition) is 2. The first kappa shape index (κ1) is 23.1. The molecule has 3 aromatic rings. The van der Waals surface area contributed by atoms with Crippen LogP contribution in [-0.2, 0) is 9.53 Å². The van der Waals surface area contributed by atoms with Crippen molar-refractivity contribution in [1.29, 1.82) is 0 Å². The largest absolute Gasteiger partial charge is 0.379 e. The Bertz CT molecular complexity index is 1080. The molecule has 1 fully saturated rings. The molecular weight excluding hydrogens is 416 g/mol. The topological polar surface area (TPSA) is 82.6 Å². The predicted octanol–water partition coefficient (Wildman–Crippen LogP) is 2.93. The van der Waals surface area contributed by atoms with Crippen molar-refractivity contribution in [2.24, 2.45) is 0 Å². The summed E-state index contributed by atoms with van der Waals surface area (Å²) < 4.78 is 5.37. The molecule has 0 unspecified atom stereocenters. The summed E-state index contributed by atoms with van der Waals surface area (Å²) in [5.74, 6) is 1.35. The fourth-order valence-corrected chi connectivity index (χ4v) is 3.87. The van der Waals surface area contributed by atoms with Gasteiger partial charge in [-0.2, -0.15) is 0 Å². The highest BCUT2D eigenvalue weighted by atomic mass is 16.5. The van der Waals surface area contributed by atoms with E-state index in [4.69, 9.17) is 14.7 Å². The van der Waals surface area contributed by atoms with Gasteiger partial charge in [0.1, 0.15) is 5.82 Å². The number of benzene rings is 2. The summed E-state index contributed by atoms with van der Waals surface area (Å²) in [4.78, 5) is 26.7. The number of carbonyl (C=O) groups excluding carboxylic acids is 1. The van der Waals surface area contributed by atoms with Crippen molar-refractivity contribution in [3.05, 3.63) is 48.5 Å². The van der Waals surface area contributed by atoms with Crippen LogP contribution in [0, 0.1) is 0 Å². The van der Waals surface area contributed by atoms with Crippen LogP contribution >= 0.6 is 0 Å². The number of aromatic nitrogens is 2. The quantitative estimate of drug-likeness (QED) is 0.487. The van der Waals surface area contributed by atoms with E-state index in [1.165, 1.54) is 0 Å². The van der Waals surface area contributed by atoms with Crippen molar-refractivity contribution < 1.29 is 9.53 Å². The zero-order valence-electron chi connectivity index (χ0n) is 19.4. The molecule has 1 amide bonds. The number of hydrogen-bond acceptors (Lipinski definition) is 7. The Kier molecular flexibility index (Phi) is 7.83. The lowest BCUT2D eigenvalue weighted by molar-refractivity contribution is -0.118. The number of amides is 1. The van der Waals surface area contributed by atoms with Gasteiger partial charge in [0.2, 0.25) is 5.91 Å². The van der Waals surface area contributed by atoms with Gasteiger partial charge in [-0.05, 0) is 51.3 Å². The third-order valence-electron chi connectivity index (χ3n) is 5.59. The summed E-state index contributed by atoms with van der Waals surface area (Å²) >= 11 is 0. The van der Waals surface area contributed by atoms with Crippen molar-refractivity contribution in [3.63, 3.8) is 0 Å². The molecule has 1 saturated heterocycles. The predicted molar refractivity (Wildman–Crippen MR) is 133 cm³/mol. The Hall–Kier alpha value is -3.07. The number of anilines is 2. The van der Waals surface area contributed by atoms with Crippen LogP contribution in [0.5, 0.6) is 0 Å². The maximum absolute atomic E-state index is 12.7. The van der Waals surface area contributed by atoms with Gasteiger partial charge in [-0.15, -0.1) is 0 Å². The van der Waals surface area contributed by atoms with E-state index in [2.05, 4.69) is 34.5 Å². The molecule has 0 bridgehead atoms. The number of nitrogens with zero attached hydrogens (tertiary/aromatic N) is 4. The van der Waals surface area contributed by atoms with E-state index < -0.39 is 0 Å². The fraction of sp³-hybridized carbons (Fsp3) is 0.400. The molecule has 33 heavy (non-hydrogen) atoms. The van der Waals surface area contributed by atoms with Gasteiger partial charge in [0.15, 0.2) is 5.82 Å². The molecule has 0 spiro atoms. The average Bonchev–Trinajstić information content (AvgIpc) is 2.82. The highest BCUT2D eigenvalue weighted by Crippen LogP contribution is 2.29. The molecule has 1 aliphatic rings. The smallest absolute Gasteiger partial charge is 0.238 e. The number of ether oxygens (including phenoxy) is 1. The van der Waals surface area contributed by atoms with E-state index in [1.807, 2.05) is 48.5 Å². The van der Waals surface area contributed by atoms with Crippen molar-refractivity contribution in [3.8, 4) is 11.4 Å². The highest BCUT2D eigenvalue weighted by Gasteiger charge is 2.17. The SMILES string of the molecule is CN(C)CCCNc1nc(-c2ccccc2NC(=O)CN2CCOCC2)nc2ccccc12. The fourth-order valence-electron chi connectivity index (χ4n) is 3.87. The van der Waals surface area contributed by atoms with Crippen LogP contribution in [0.3, 0.4) is 0 Å². The van der Waals surface area contributed by atoms with Crippen LogP contribution < -0.4 is 10.6 Å². The zero-order valence-corrected chi connectivity index (χ0v) is 19.4. The van der Waals surface area contributed by atoms with Crippen LogP contribution in [0.2, 0.25) is 0 Å². The number of rotatable bonds is 9. The Morgan fingerprint density at radius 1 is 1.06 bits per heavy atom. The summed E-state index contributed by atoms with van der Waals surface area (Å²) in [5.41, 5.74) is 2.38. The van der Waals surface area contributed by atoms with Gasteiger partial charge in [0.25, 0.3) is 0 Å². The van der Waals surface area contributed by atoms with Gasteiger partial charge in [-0.1, -0.05) is 24.3 Å². The average molecular weight is 449 g/mol. The lowest BCUT2D eigenvalue weighted by atomic mass is 10.1. The van der Waals surface area contributed by atoms with Gasteiger partial charge < -0.3 is 20.3 Å². The number of para-hydroxylation sites is 2. The second kappa shape index (κ2) is 11.2. The van der Waals surface area contributed by atoms with Gasteiger partial charge in [0.05, 0.1) is 31.0 Å². The van der Waals surface area contributed by atoms with Crippen LogP contribution in [-0.4, -0.2) is 85.7 Å². The van der Waals surface area contributed by atoms with Gasteiger partial charge in [-0.3, -0.25) is 9.69 Å². The minimum Gasteiger partial charge on any atom is -0.379 e. The van der Waals surface area contributed by atoms with E-state index in [-0.39, 0.29) is 5.91 Å². The van der Waals surface area contributed by atoms with Crippen LogP contribution in [0.15, 0.2) is 48.5 Å². The summed E-state index contributed by atoms with van der Waals surface area (Å²) in [6.45, 7) is 5.03. The van der Waals surface area contributed by atoms with Crippen molar-refractivity contribution in [1.82, 2.24) is 19.8 Å². The third kappa shape index (κ3) is 6.25. The maximum atomic E-state index is 12.7. The van der Waals surface area contributed by atoms with Crippen LogP contribution in [0.25, 0.3) is 22.3 Å². The lowest BCUT2D eigenvalue weighted by Crippen LogP contribution is -2.41. The maximum Gasteiger partial charge on any atom is 0.238 e. The molecule has 0 saturated carbocycles. The summed E-state index contributed by atoms with van der Waals surface area (Å²) in [6.07, 6.45) is 1.01. The first-order chi connectivity index (χ1) is 16.1. The van der Waals surface area contributed by atoms with E-state index in [0.717, 1.165) is 54.9 Å². The number of morpholine rings is 1. The molecule has 0 atom stereocenters. The minimum absolute atomic E-state index is 0.0489. The van der Waals surface area contributed by atoms with E-state index in [9.17, 15) is 4.79 Å². The third-order valence-corrected chi connectivity index (χ3v) is 5.59. The first-order valence-electron chi connectivity index (χ1n) is 11.4. The van der Waals surface area contributed by atoms with Crippen LogP contribution in [0.1, 0.15) is 6.42 Å².